The molecule has 0 unspecified atom stereocenters. The average Bonchev–Trinajstić information content (AvgIpc) is 2.87. The lowest BCUT2D eigenvalue weighted by atomic mass is 10.3. The van der Waals surface area contributed by atoms with Crippen molar-refractivity contribution in [2.75, 3.05) is 7.11 Å². The van der Waals surface area contributed by atoms with E-state index in [2.05, 4.69) is 10.3 Å². The van der Waals surface area contributed by atoms with Crippen LogP contribution in [0.3, 0.4) is 0 Å². The Kier molecular flexibility index (Phi) is 3.42. The molecule has 0 fully saturated rings. The number of methoxy groups -OCH3 is 1. The maximum atomic E-state index is 10.9. The number of rotatable bonds is 5. The fourth-order valence-electron chi connectivity index (χ4n) is 1.62. The van der Waals surface area contributed by atoms with Gasteiger partial charge in [0, 0.05) is 19.4 Å². The first-order valence-corrected chi connectivity index (χ1v) is 5.31. The summed E-state index contributed by atoms with van der Waals surface area (Å²) in [6.07, 6.45) is 1.47. The third kappa shape index (κ3) is 2.57. The number of hydrogen-bond acceptors (Lipinski definition) is 5. The molecule has 0 aromatic carbocycles. The highest BCUT2D eigenvalue weighted by Gasteiger charge is 2.13. The lowest BCUT2D eigenvalue weighted by molar-refractivity contribution is 0.0696. The Hall–Kier alpha value is -2.15. The fourth-order valence-corrected chi connectivity index (χ4v) is 1.62. The summed E-state index contributed by atoms with van der Waals surface area (Å²) in [5, 5.41) is 16.9. The van der Waals surface area contributed by atoms with E-state index >= 15 is 0 Å². The molecule has 7 nitrogen and oxygen atoms in total. The van der Waals surface area contributed by atoms with Crippen LogP contribution in [0.4, 0.5) is 0 Å². The zero-order valence-corrected chi connectivity index (χ0v) is 10.1. The maximum absolute atomic E-state index is 10.9. The highest BCUT2D eigenvalue weighted by Crippen LogP contribution is 2.09. The van der Waals surface area contributed by atoms with Crippen LogP contribution in [0.15, 0.2) is 16.8 Å². The SMILES string of the molecule is COCc1cc(Cn2cc(C(=O)O)c(C)n2)no1. The van der Waals surface area contributed by atoms with E-state index in [1.807, 2.05) is 0 Å². The van der Waals surface area contributed by atoms with Gasteiger partial charge >= 0.3 is 5.97 Å². The average molecular weight is 251 g/mol. The number of nitrogens with zero attached hydrogens (tertiary/aromatic N) is 3. The Morgan fingerprint density at radius 3 is 3.00 bits per heavy atom. The molecule has 18 heavy (non-hydrogen) atoms. The number of carboxylic acid groups (broad SMARTS) is 1. The van der Waals surface area contributed by atoms with Crippen molar-refractivity contribution < 1.29 is 19.2 Å². The number of carbonyl (C=O) groups is 1. The minimum Gasteiger partial charge on any atom is -0.478 e. The van der Waals surface area contributed by atoms with Gasteiger partial charge in [0.25, 0.3) is 0 Å². The van der Waals surface area contributed by atoms with Crippen LogP contribution in [0.2, 0.25) is 0 Å². The molecular weight excluding hydrogens is 238 g/mol. The maximum Gasteiger partial charge on any atom is 0.339 e. The molecule has 1 N–H and O–H groups in total. The summed E-state index contributed by atoms with van der Waals surface area (Å²) in [7, 11) is 1.57. The van der Waals surface area contributed by atoms with Gasteiger partial charge in [-0.15, -0.1) is 0 Å². The summed E-state index contributed by atoms with van der Waals surface area (Å²) in [6.45, 7) is 2.37. The van der Waals surface area contributed by atoms with Crippen molar-refractivity contribution in [3.8, 4) is 0 Å². The number of ether oxygens (including phenoxy) is 1. The molecule has 2 aromatic rings. The van der Waals surface area contributed by atoms with Crippen molar-refractivity contribution >= 4 is 5.97 Å². The third-order valence-corrected chi connectivity index (χ3v) is 2.40. The molecule has 2 aromatic heterocycles. The highest BCUT2D eigenvalue weighted by molar-refractivity contribution is 5.88. The summed E-state index contributed by atoms with van der Waals surface area (Å²) in [5.74, 6) is -0.367. The van der Waals surface area contributed by atoms with Gasteiger partial charge in [0.15, 0.2) is 5.76 Å². The van der Waals surface area contributed by atoms with Gasteiger partial charge in [-0.05, 0) is 6.92 Å². The summed E-state index contributed by atoms with van der Waals surface area (Å²) in [4.78, 5) is 10.9. The lowest BCUT2D eigenvalue weighted by Gasteiger charge is -1.94. The Morgan fingerprint density at radius 1 is 1.61 bits per heavy atom. The predicted octanol–water partition coefficient (Wildman–Crippen LogP) is 1.07. The molecule has 2 heterocycles. The van der Waals surface area contributed by atoms with E-state index < -0.39 is 5.97 Å². The standard InChI is InChI=1S/C11H13N3O4/c1-7-10(11(15)16)5-14(12-7)4-8-3-9(6-17-2)18-13-8/h3,5H,4,6H2,1-2H3,(H,15,16). The predicted molar refractivity (Wildman–Crippen MR) is 60.2 cm³/mol. The Morgan fingerprint density at radius 2 is 2.39 bits per heavy atom. The zero-order valence-electron chi connectivity index (χ0n) is 10.1. The fraction of sp³-hybridized carbons (Fsp3) is 0.364. The highest BCUT2D eigenvalue weighted by atomic mass is 16.5. The largest absolute Gasteiger partial charge is 0.478 e. The van der Waals surface area contributed by atoms with E-state index in [4.69, 9.17) is 14.4 Å². The third-order valence-electron chi connectivity index (χ3n) is 2.40. The van der Waals surface area contributed by atoms with Crippen molar-refractivity contribution in [2.45, 2.75) is 20.1 Å². The Labute approximate surface area is 103 Å². The molecule has 0 aliphatic heterocycles. The van der Waals surface area contributed by atoms with Gasteiger partial charge in [0.2, 0.25) is 0 Å². The molecule has 0 amide bonds. The van der Waals surface area contributed by atoms with Crippen molar-refractivity contribution in [3.05, 3.63) is 35.0 Å². The second-order valence-electron chi connectivity index (χ2n) is 3.85. The van der Waals surface area contributed by atoms with Gasteiger partial charge in [-0.2, -0.15) is 5.10 Å². The molecule has 7 heteroatoms. The van der Waals surface area contributed by atoms with E-state index in [-0.39, 0.29) is 5.56 Å². The van der Waals surface area contributed by atoms with Crippen LogP contribution in [0, 0.1) is 6.92 Å². The van der Waals surface area contributed by atoms with E-state index in [0.29, 0.717) is 30.3 Å². The molecule has 0 spiro atoms. The molecular formula is C11H13N3O4. The summed E-state index contributed by atoms with van der Waals surface area (Å²) in [5.41, 5.74) is 1.33. The summed E-state index contributed by atoms with van der Waals surface area (Å²) in [6, 6.07) is 1.75. The first-order chi connectivity index (χ1) is 8.60. The topological polar surface area (TPSA) is 90.4 Å². The van der Waals surface area contributed by atoms with Crippen LogP contribution in [-0.2, 0) is 17.9 Å². The Bertz CT molecular complexity index is 558. The van der Waals surface area contributed by atoms with Crippen LogP contribution >= 0.6 is 0 Å². The van der Waals surface area contributed by atoms with Crippen LogP contribution < -0.4 is 0 Å². The van der Waals surface area contributed by atoms with Gasteiger partial charge in [-0.1, -0.05) is 5.16 Å². The number of aryl methyl sites for hydroxylation is 1. The normalized spacial score (nSPS) is 10.8. The van der Waals surface area contributed by atoms with Gasteiger partial charge in [0.05, 0.1) is 12.2 Å². The number of carboxylic acids is 1. The van der Waals surface area contributed by atoms with Crippen molar-refractivity contribution in [3.63, 3.8) is 0 Å². The van der Waals surface area contributed by atoms with Crippen LogP contribution in [-0.4, -0.2) is 33.1 Å². The van der Waals surface area contributed by atoms with Crippen molar-refractivity contribution in [2.24, 2.45) is 0 Å². The van der Waals surface area contributed by atoms with Crippen molar-refractivity contribution in [1.29, 1.82) is 0 Å². The summed E-state index contributed by atoms with van der Waals surface area (Å²) >= 11 is 0. The second kappa shape index (κ2) is 5.01. The molecule has 0 aliphatic rings. The first-order valence-electron chi connectivity index (χ1n) is 5.31. The molecule has 0 bridgehead atoms. The quantitative estimate of drug-likeness (QED) is 0.854. The smallest absolute Gasteiger partial charge is 0.339 e. The minimum atomic E-state index is -0.987. The van der Waals surface area contributed by atoms with Crippen molar-refractivity contribution in [1.82, 2.24) is 14.9 Å². The van der Waals surface area contributed by atoms with Gasteiger partial charge < -0.3 is 14.4 Å². The first kappa shape index (κ1) is 12.3. The van der Waals surface area contributed by atoms with E-state index in [0.717, 1.165) is 0 Å². The summed E-state index contributed by atoms with van der Waals surface area (Å²) < 4.78 is 11.5. The van der Waals surface area contributed by atoms with Crippen LogP contribution in [0.1, 0.15) is 27.5 Å². The minimum absolute atomic E-state index is 0.190. The van der Waals surface area contributed by atoms with Gasteiger partial charge in [-0.3, -0.25) is 4.68 Å². The lowest BCUT2D eigenvalue weighted by Crippen LogP contribution is -2.00. The zero-order chi connectivity index (χ0) is 13.1. The molecule has 2 rings (SSSR count). The van der Waals surface area contributed by atoms with E-state index in [9.17, 15) is 4.79 Å². The Balaban J connectivity index is 2.13. The van der Waals surface area contributed by atoms with E-state index in [1.165, 1.54) is 10.9 Å². The molecule has 0 saturated carbocycles. The van der Waals surface area contributed by atoms with Gasteiger partial charge in [-0.25, -0.2) is 4.79 Å². The molecule has 0 radical (unpaired) electrons. The molecule has 0 saturated heterocycles. The number of aromatic carboxylic acids is 1. The van der Waals surface area contributed by atoms with Gasteiger partial charge in [0.1, 0.15) is 17.9 Å². The molecule has 0 atom stereocenters. The number of aromatic nitrogens is 3. The second-order valence-corrected chi connectivity index (χ2v) is 3.85. The molecule has 96 valence electrons. The number of hydrogen-bond donors (Lipinski definition) is 1. The van der Waals surface area contributed by atoms with E-state index in [1.54, 1.807) is 20.1 Å². The van der Waals surface area contributed by atoms with Crippen LogP contribution in [0.5, 0.6) is 0 Å². The van der Waals surface area contributed by atoms with Crippen LogP contribution in [0.25, 0.3) is 0 Å². The monoisotopic (exact) mass is 251 g/mol. The molecule has 0 aliphatic carbocycles.